The molecule has 1 aromatic carbocycles. The highest BCUT2D eigenvalue weighted by molar-refractivity contribution is 5.93. The molecule has 0 saturated carbocycles. The lowest BCUT2D eigenvalue weighted by atomic mass is 9.70. The van der Waals surface area contributed by atoms with E-state index in [0.29, 0.717) is 11.7 Å². The second-order valence-corrected chi connectivity index (χ2v) is 7.34. The number of fused-ring (bicyclic) bond motifs is 1. The summed E-state index contributed by atoms with van der Waals surface area (Å²) in [7, 11) is 2.15. The largest absolute Gasteiger partial charge is 0.310 e. The number of nitrogens with zero attached hydrogens (tertiary/aromatic N) is 2. The molecule has 1 N–H and O–H groups in total. The number of hydrogen-bond donors (Lipinski definition) is 1. The molecule has 1 aromatic heterocycles. The molecular formula is C22H25N3O. The van der Waals surface area contributed by atoms with Crippen molar-refractivity contribution in [2.75, 3.05) is 25.5 Å². The molecule has 1 unspecified atom stereocenters. The van der Waals surface area contributed by atoms with Crippen molar-refractivity contribution < 1.29 is 4.79 Å². The third kappa shape index (κ3) is 3.42. The van der Waals surface area contributed by atoms with Crippen LogP contribution in [-0.4, -0.2) is 35.9 Å². The number of amides is 1. The zero-order chi connectivity index (χ0) is 17.9. The second-order valence-electron chi connectivity index (χ2n) is 7.34. The van der Waals surface area contributed by atoms with Crippen LogP contribution in [0.4, 0.5) is 5.82 Å². The third-order valence-corrected chi connectivity index (χ3v) is 5.67. The summed E-state index contributed by atoms with van der Waals surface area (Å²) in [5.74, 6) is 1.05. The van der Waals surface area contributed by atoms with Gasteiger partial charge in [0.1, 0.15) is 5.82 Å². The number of likely N-dealkylation sites (tertiary alicyclic amines) is 1. The van der Waals surface area contributed by atoms with Crippen molar-refractivity contribution >= 4 is 17.3 Å². The molecule has 4 rings (SSSR count). The Hall–Kier alpha value is -2.46. The van der Waals surface area contributed by atoms with Gasteiger partial charge in [-0.2, -0.15) is 0 Å². The van der Waals surface area contributed by atoms with Gasteiger partial charge >= 0.3 is 0 Å². The van der Waals surface area contributed by atoms with Crippen LogP contribution >= 0.6 is 0 Å². The zero-order valence-electron chi connectivity index (χ0n) is 15.2. The summed E-state index contributed by atoms with van der Waals surface area (Å²) in [6.07, 6.45) is 4.63. The minimum absolute atomic E-state index is 0.0159. The van der Waals surface area contributed by atoms with Gasteiger partial charge in [0.2, 0.25) is 5.91 Å². The smallest absolute Gasteiger partial charge is 0.229 e. The van der Waals surface area contributed by atoms with E-state index >= 15 is 0 Å². The van der Waals surface area contributed by atoms with Crippen LogP contribution in [0.5, 0.6) is 0 Å². The van der Waals surface area contributed by atoms with Crippen LogP contribution in [0.25, 0.3) is 5.57 Å². The van der Waals surface area contributed by atoms with Gasteiger partial charge in [0.25, 0.3) is 0 Å². The molecule has 0 bridgehead atoms. The fraction of sp³-hybridized carbons (Fsp3) is 0.364. The molecule has 1 aliphatic carbocycles. The van der Waals surface area contributed by atoms with E-state index in [4.69, 9.17) is 0 Å². The van der Waals surface area contributed by atoms with Crippen molar-refractivity contribution in [2.24, 2.45) is 11.8 Å². The summed E-state index contributed by atoms with van der Waals surface area (Å²) in [5, 5.41) is 3.02. The van der Waals surface area contributed by atoms with E-state index in [1.54, 1.807) is 6.20 Å². The lowest BCUT2D eigenvalue weighted by molar-refractivity contribution is -0.121. The Balaban J connectivity index is 1.62. The summed E-state index contributed by atoms with van der Waals surface area (Å²) in [6, 6.07) is 16.3. The van der Waals surface area contributed by atoms with Gasteiger partial charge in [-0.3, -0.25) is 4.79 Å². The van der Waals surface area contributed by atoms with Crippen LogP contribution in [0.1, 0.15) is 24.8 Å². The van der Waals surface area contributed by atoms with E-state index in [1.807, 2.05) is 18.2 Å². The van der Waals surface area contributed by atoms with Crippen molar-refractivity contribution in [1.82, 2.24) is 9.88 Å². The molecule has 1 amide bonds. The third-order valence-electron chi connectivity index (χ3n) is 5.67. The maximum atomic E-state index is 13.0. The lowest BCUT2D eigenvalue weighted by Crippen LogP contribution is -2.43. The van der Waals surface area contributed by atoms with E-state index in [1.165, 1.54) is 16.7 Å². The predicted octanol–water partition coefficient (Wildman–Crippen LogP) is 3.84. The molecule has 4 heteroatoms. The molecule has 4 nitrogen and oxygen atoms in total. The SMILES string of the molecule is CN1CCC2=C(c3ccccc3)CC[C@@H](C(=O)Nc3ccccn3)C2C1. The first-order chi connectivity index (χ1) is 12.7. The second kappa shape index (κ2) is 7.42. The topological polar surface area (TPSA) is 45.2 Å². The molecule has 26 heavy (non-hydrogen) atoms. The summed E-state index contributed by atoms with van der Waals surface area (Å²) in [5.41, 5.74) is 4.27. The Morgan fingerprint density at radius 2 is 1.92 bits per heavy atom. The van der Waals surface area contributed by atoms with E-state index in [-0.39, 0.29) is 11.8 Å². The number of anilines is 1. The molecular weight excluding hydrogens is 322 g/mol. The standard InChI is InChI=1S/C22H25N3O/c1-25-14-12-18-17(16-7-3-2-4-8-16)10-11-19(20(18)15-25)22(26)24-21-9-5-6-13-23-21/h2-9,13,19-20H,10-12,14-15H2,1H3,(H,23,24,26)/t19-,20?/m1/s1. The zero-order valence-corrected chi connectivity index (χ0v) is 15.2. The van der Waals surface area contributed by atoms with Crippen molar-refractivity contribution in [1.29, 1.82) is 0 Å². The highest BCUT2D eigenvalue weighted by Crippen LogP contribution is 2.43. The van der Waals surface area contributed by atoms with E-state index in [9.17, 15) is 4.79 Å². The molecule has 134 valence electrons. The molecule has 2 aromatic rings. The van der Waals surface area contributed by atoms with Crippen molar-refractivity contribution in [3.8, 4) is 0 Å². The van der Waals surface area contributed by atoms with Gasteiger partial charge in [-0.05, 0) is 49.6 Å². The summed E-state index contributed by atoms with van der Waals surface area (Å²) in [6.45, 7) is 2.02. The van der Waals surface area contributed by atoms with Gasteiger partial charge in [-0.15, -0.1) is 0 Å². The molecule has 2 aliphatic rings. The minimum atomic E-state index is 0.0159. The maximum Gasteiger partial charge on any atom is 0.229 e. The quantitative estimate of drug-likeness (QED) is 0.918. The number of hydrogen-bond acceptors (Lipinski definition) is 3. The van der Waals surface area contributed by atoms with Crippen LogP contribution in [0.3, 0.4) is 0 Å². The highest BCUT2D eigenvalue weighted by Gasteiger charge is 2.38. The van der Waals surface area contributed by atoms with Gasteiger partial charge in [0.05, 0.1) is 0 Å². The fourth-order valence-corrected chi connectivity index (χ4v) is 4.38. The van der Waals surface area contributed by atoms with E-state index in [2.05, 4.69) is 52.6 Å². The van der Waals surface area contributed by atoms with Gasteiger partial charge in [-0.1, -0.05) is 42.0 Å². The maximum absolute atomic E-state index is 13.0. The molecule has 2 atom stereocenters. The van der Waals surface area contributed by atoms with Crippen LogP contribution < -0.4 is 5.32 Å². The van der Waals surface area contributed by atoms with Crippen LogP contribution in [-0.2, 0) is 4.79 Å². The first-order valence-electron chi connectivity index (χ1n) is 9.40. The number of rotatable bonds is 3. The number of piperidine rings is 1. The molecule has 2 heterocycles. The van der Waals surface area contributed by atoms with Gasteiger partial charge in [0.15, 0.2) is 0 Å². The first-order valence-corrected chi connectivity index (χ1v) is 9.40. The Bertz CT molecular complexity index is 801. The Labute approximate surface area is 154 Å². The summed E-state index contributed by atoms with van der Waals surface area (Å²) < 4.78 is 0. The average Bonchev–Trinajstić information content (AvgIpc) is 2.68. The molecule has 1 saturated heterocycles. The number of benzene rings is 1. The number of pyridine rings is 1. The molecule has 1 fully saturated rings. The predicted molar refractivity (Wildman–Crippen MR) is 105 cm³/mol. The van der Waals surface area contributed by atoms with E-state index < -0.39 is 0 Å². The monoisotopic (exact) mass is 347 g/mol. The lowest BCUT2D eigenvalue weighted by Gasteiger charge is -2.41. The van der Waals surface area contributed by atoms with E-state index in [0.717, 1.165) is 32.4 Å². The molecule has 0 spiro atoms. The van der Waals surface area contributed by atoms with Gasteiger partial charge < -0.3 is 10.2 Å². The fourth-order valence-electron chi connectivity index (χ4n) is 4.38. The van der Waals surface area contributed by atoms with Gasteiger partial charge in [-0.25, -0.2) is 4.98 Å². The van der Waals surface area contributed by atoms with Crippen molar-refractivity contribution in [2.45, 2.75) is 19.3 Å². The Morgan fingerprint density at radius 3 is 2.69 bits per heavy atom. The van der Waals surface area contributed by atoms with Crippen molar-refractivity contribution in [3.63, 3.8) is 0 Å². The normalized spacial score (nSPS) is 23.4. The van der Waals surface area contributed by atoms with Crippen LogP contribution in [0.15, 0.2) is 60.3 Å². The van der Waals surface area contributed by atoms with Crippen LogP contribution in [0.2, 0.25) is 0 Å². The average molecular weight is 347 g/mol. The van der Waals surface area contributed by atoms with Gasteiger partial charge in [0, 0.05) is 31.1 Å². The number of nitrogens with one attached hydrogen (secondary N) is 1. The van der Waals surface area contributed by atoms with Crippen LogP contribution in [0, 0.1) is 11.8 Å². The molecule has 1 aliphatic heterocycles. The minimum Gasteiger partial charge on any atom is -0.310 e. The Morgan fingerprint density at radius 1 is 1.12 bits per heavy atom. The summed E-state index contributed by atoms with van der Waals surface area (Å²) in [4.78, 5) is 19.6. The molecule has 0 radical (unpaired) electrons. The Kier molecular flexibility index (Phi) is 4.85. The number of aromatic nitrogens is 1. The summed E-state index contributed by atoms with van der Waals surface area (Å²) >= 11 is 0. The first kappa shape index (κ1) is 17.0. The highest BCUT2D eigenvalue weighted by atomic mass is 16.2. The van der Waals surface area contributed by atoms with Crippen molar-refractivity contribution in [3.05, 3.63) is 65.9 Å². The number of allylic oxidation sites excluding steroid dienone is 1. The number of carbonyl (C=O) groups is 1. The number of carbonyl (C=O) groups excluding carboxylic acids is 1.